The van der Waals surface area contributed by atoms with E-state index in [4.69, 9.17) is 10.5 Å². The first-order valence-electron chi connectivity index (χ1n) is 10.8. The number of nitrogen functional groups attached to an aromatic ring is 1. The molecule has 3 aromatic carbocycles. The highest BCUT2D eigenvalue weighted by Crippen LogP contribution is 2.36. The lowest BCUT2D eigenvalue weighted by Gasteiger charge is -2.12. The molecule has 0 saturated heterocycles. The first kappa shape index (κ1) is 24.0. The maximum absolute atomic E-state index is 13.0. The van der Waals surface area contributed by atoms with E-state index in [2.05, 4.69) is 19.9 Å². The molecule has 1 aromatic heterocycles. The zero-order chi connectivity index (χ0) is 24.8. The molecule has 0 saturated carbocycles. The van der Waals surface area contributed by atoms with Crippen LogP contribution in [0.5, 0.6) is 0 Å². The van der Waals surface area contributed by atoms with Crippen LogP contribution in [0.25, 0.3) is 22.0 Å². The molecule has 0 aliphatic heterocycles. The molecule has 0 fully saturated rings. The monoisotopic (exact) mass is 489 g/mol. The molecular weight excluding hydrogens is 466 g/mol. The van der Waals surface area contributed by atoms with Gasteiger partial charge in [0.25, 0.3) is 0 Å². The lowest BCUT2D eigenvalue weighted by Crippen LogP contribution is -2.30. The number of esters is 1. The Labute approximate surface area is 202 Å². The first-order chi connectivity index (χ1) is 16.9. The summed E-state index contributed by atoms with van der Waals surface area (Å²) in [4.78, 5) is 16.0. The van der Waals surface area contributed by atoms with Gasteiger partial charge >= 0.3 is 5.97 Å². The fourth-order valence-electron chi connectivity index (χ4n) is 3.44. The van der Waals surface area contributed by atoms with Gasteiger partial charge in [-0.05, 0) is 25.1 Å². The molecule has 4 aromatic rings. The van der Waals surface area contributed by atoms with Crippen LogP contribution in [0.4, 0.5) is 17.1 Å². The number of rotatable bonds is 8. The van der Waals surface area contributed by atoms with Crippen LogP contribution >= 0.6 is 0 Å². The molecule has 10 heteroatoms. The van der Waals surface area contributed by atoms with Gasteiger partial charge in [0.15, 0.2) is 0 Å². The van der Waals surface area contributed by atoms with Gasteiger partial charge in [-0.3, -0.25) is 9.78 Å². The van der Waals surface area contributed by atoms with Gasteiger partial charge in [0.2, 0.25) is 10.0 Å². The molecule has 0 unspecified atom stereocenters. The van der Waals surface area contributed by atoms with Gasteiger partial charge in [0.05, 0.1) is 29.1 Å². The number of azo groups is 1. The standard InChI is InChI=1S/C25H23N5O4S/c1-2-34-24(31)16-28-35(32,33)23-14-22(25(26)20-11-7-6-10-19(20)23)30-29-18-12-13-21(27-15-18)17-8-4-3-5-9-17/h3-15,28H,2,16,26H2,1H3. The highest BCUT2D eigenvalue weighted by atomic mass is 32.2. The summed E-state index contributed by atoms with van der Waals surface area (Å²) in [6, 6.07) is 21.4. The Morgan fingerprint density at radius 2 is 1.71 bits per heavy atom. The summed E-state index contributed by atoms with van der Waals surface area (Å²) in [5.74, 6) is -0.679. The molecule has 0 aliphatic carbocycles. The van der Waals surface area contributed by atoms with Crippen LogP contribution in [-0.4, -0.2) is 32.5 Å². The third kappa shape index (κ3) is 5.51. The number of benzene rings is 3. The molecule has 0 spiro atoms. The molecule has 4 rings (SSSR count). The number of hydrogen-bond donors (Lipinski definition) is 2. The summed E-state index contributed by atoms with van der Waals surface area (Å²) in [7, 11) is -4.08. The maximum atomic E-state index is 13.0. The lowest BCUT2D eigenvalue weighted by atomic mass is 10.1. The summed E-state index contributed by atoms with van der Waals surface area (Å²) >= 11 is 0. The molecule has 9 nitrogen and oxygen atoms in total. The van der Waals surface area contributed by atoms with Crippen molar-refractivity contribution in [2.24, 2.45) is 10.2 Å². The summed E-state index contributed by atoms with van der Waals surface area (Å²) in [5, 5.41) is 9.29. The molecule has 0 atom stereocenters. The SMILES string of the molecule is CCOC(=O)CNS(=O)(=O)c1cc(N=Nc2ccc(-c3ccccc3)nc2)c(N)c2ccccc12. The normalized spacial score (nSPS) is 11.7. The molecule has 0 amide bonds. The van der Waals surface area contributed by atoms with E-state index < -0.39 is 22.5 Å². The van der Waals surface area contributed by atoms with E-state index in [9.17, 15) is 13.2 Å². The average molecular weight is 490 g/mol. The number of pyridine rings is 1. The smallest absolute Gasteiger partial charge is 0.321 e. The molecule has 0 radical (unpaired) electrons. The van der Waals surface area contributed by atoms with E-state index in [1.54, 1.807) is 43.5 Å². The van der Waals surface area contributed by atoms with Crippen molar-refractivity contribution in [1.82, 2.24) is 9.71 Å². The molecule has 35 heavy (non-hydrogen) atoms. The second-order valence-electron chi connectivity index (χ2n) is 7.45. The second kappa shape index (κ2) is 10.4. The number of anilines is 1. The van der Waals surface area contributed by atoms with Crippen LogP contribution in [0.3, 0.4) is 0 Å². The minimum Gasteiger partial charge on any atom is -0.465 e. The Hall–Kier alpha value is -4.15. The van der Waals surface area contributed by atoms with E-state index in [1.165, 1.54) is 6.07 Å². The zero-order valence-corrected chi connectivity index (χ0v) is 19.7. The number of carbonyl (C=O) groups excluding carboxylic acids is 1. The zero-order valence-electron chi connectivity index (χ0n) is 18.9. The predicted octanol–water partition coefficient (Wildman–Crippen LogP) is 4.74. The van der Waals surface area contributed by atoms with Gasteiger partial charge < -0.3 is 10.5 Å². The van der Waals surface area contributed by atoms with Crippen molar-refractivity contribution >= 4 is 43.8 Å². The summed E-state index contributed by atoms with van der Waals surface area (Å²) in [6.07, 6.45) is 1.57. The van der Waals surface area contributed by atoms with Gasteiger partial charge in [0.1, 0.15) is 17.9 Å². The average Bonchev–Trinajstić information content (AvgIpc) is 2.88. The van der Waals surface area contributed by atoms with Crippen molar-refractivity contribution in [3.05, 3.63) is 79.0 Å². The first-order valence-corrected chi connectivity index (χ1v) is 12.3. The van der Waals surface area contributed by atoms with E-state index in [-0.39, 0.29) is 22.9 Å². The topological polar surface area (TPSA) is 136 Å². The molecule has 0 aliphatic rings. The van der Waals surface area contributed by atoms with Gasteiger partial charge in [-0.2, -0.15) is 4.72 Å². The third-order valence-corrected chi connectivity index (χ3v) is 6.56. The van der Waals surface area contributed by atoms with E-state index in [0.29, 0.717) is 16.5 Å². The number of hydrogen-bond acceptors (Lipinski definition) is 8. The van der Waals surface area contributed by atoms with E-state index >= 15 is 0 Å². The number of aromatic nitrogens is 1. The van der Waals surface area contributed by atoms with Crippen LogP contribution in [0, 0.1) is 0 Å². The Bertz CT molecular complexity index is 1490. The van der Waals surface area contributed by atoms with Gasteiger partial charge in [0, 0.05) is 16.3 Å². The summed E-state index contributed by atoms with van der Waals surface area (Å²) < 4.78 is 33.1. The van der Waals surface area contributed by atoms with Crippen molar-refractivity contribution in [3.63, 3.8) is 0 Å². The van der Waals surface area contributed by atoms with Crippen LogP contribution in [0.15, 0.2) is 94.1 Å². The highest BCUT2D eigenvalue weighted by Gasteiger charge is 2.22. The largest absolute Gasteiger partial charge is 0.465 e. The number of carbonyl (C=O) groups is 1. The maximum Gasteiger partial charge on any atom is 0.321 e. The quantitative estimate of drug-likeness (QED) is 0.208. The van der Waals surface area contributed by atoms with Crippen molar-refractivity contribution < 1.29 is 17.9 Å². The molecular formula is C25H23N5O4S. The summed E-state index contributed by atoms with van der Waals surface area (Å²) in [5.41, 5.74) is 8.99. The van der Waals surface area contributed by atoms with Crippen LogP contribution in [0.2, 0.25) is 0 Å². The number of nitrogens with one attached hydrogen (secondary N) is 1. The van der Waals surface area contributed by atoms with E-state index in [0.717, 1.165) is 11.3 Å². The Morgan fingerprint density at radius 3 is 2.40 bits per heavy atom. The van der Waals surface area contributed by atoms with Crippen LogP contribution in [-0.2, 0) is 19.6 Å². The Kier molecular flexibility index (Phi) is 7.14. The fraction of sp³-hybridized carbons (Fsp3) is 0.120. The minimum absolute atomic E-state index is 0.0712. The van der Waals surface area contributed by atoms with Crippen molar-refractivity contribution in [1.29, 1.82) is 0 Å². The lowest BCUT2D eigenvalue weighted by molar-refractivity contribution is -0.141. The molecule has 1 heterocycles. The number of ether oxygens (including phenoxy) is 1. The highest BCUT2D eigenvalue weighted by molar-refractivity contribution is 7.89. The second-order valence-corrected chi connectivity index (χ2v) is 9.19. The molecule has 0 bridgehead atoms. The Balaban J connectivity index is 1.67. The van der Waals surface area contributed by atoms with Gasteiger partial charge in [-0.1, -0.05) is 54.6 Å². The van der Waals surface area contributed by atoms with Crippen LogP contribution in [0.1, 0.15) is 6.92 Å². The number of fused-ring (bicyclic) bond motifs is 1. The van der Waals surface area contributed by atoms with Crippen molar-refractivity contribution in [2.45, 2.75) is 11.8 Å². The Morgan fingerprint density at radius 1 is 1.00 bits per heavy atom. The molecule has 178 valence electrons. The molecule has 3 N–H and O–H groups in total. The van der Waals surface area contributed by atoms with Crippen molar-refractivity contribution in [2.75, 3.05) is 18.9 Å². The summed E-state index contributed by atoms with van der Waals surface area (Å²) in [6.45, 7) is 1.30. The van der Waals surface area contributed by atoms with Gasteiger partial charge in [-0.15, -0.1) is 10.2 Å². The van der Waals surface area contributed by atoms with Gasteiger partial charge in [-0.25, -0.2) is 8.42 Å². The number of nitrogens with zero attached hydrogens (tertiary/aromatic N) is 3. The number of sulfonamides is 1. The number of nitrogens with two attached hydrogens (primary N) is 1. The van der Waals surface area contributed by atoms with E-state index in [1.807, 2.05) is 36.4 Å². The third-order valence-electron chi connectivity index (χ3n) is 5.12. The van der Waals surface area contributed by atoms with Crippen LogP contribution < -0.4 is 10.5 Å². The van der Waals surface area contributed by atoms with Crippen molar-refractivity contribution in [3.8, 4) is 11.3 Å². The predicted molar refractivity (Wildman–Crippen MR) is 134 cm³/mol. The minimum atomic E-state index is -4.08. The fourth-order valence-corrected chi connectivity index (χ4v) is 4.63.